The number of amides is 1. The largest absolute Gasteiger partial charge is 0.360 e. The second kappa shape index (κ2) is 6.24. The molecule has 1 aromatic heterocycles. The Morgan fingerprint density at radius 2 is 1.90 bits per heavy atom. The van der Waals surface area contributed by atoms with Crippen molar-refractivity contribution in [2.24, 2.45) is 0 Å². The normalized spacial score (nSPS) is 10.7. The minimum Gasteiger partial charge on any atom is -0.360 e. The van der Waals surface area contributed by atoms with Crippen LogP contribution in [0.3, 0.4) is 0 Å². The molecule has 3 rings (SSSR count). The van der Waals surface area contributed by atoms with Gasteiger partial charge < -0.3 is 10.3 Å². The lowest BCUT2D eigenvalue weighted by atomic mass is 10.2. The monoisotopic (exact) mass is 316 g/mol. The second-order valence-electron chi connectivity index (χ2n) is 4.50. The first-order valence-electron chi connectivity index (χ1n) is 6.47. The molecule has 0 unspecified atom stereocenters. The Morgan fingerprint density at radius 1 is 1.14 bits per heavy atom. The minimum atomic E-state index is -0.0981. The standard InChI is InChI=1S/C16H13ClN2OS/c17-12-7-5-11(6-8-12)16(20)19-10-21-15-9-18-14-4-2-1-3-13(14)15/h1-9,18H,10H2,(H,19,20). The molecule has 0 fully saturated rings. The van der Waals surface area contributed by atoms with Crippen LogP contribution in [0.25, 0.3) is 10.9 Å². The summed E-state index contributed by atoms with van der Waals surface area (Å²) in [7, 11) is 0. The van der Waals surface area contributed by atoms with E-state index in [1.807, 2.05) is 24.4 Å². The van der Waals surface area contributed by atoms with E-state index in [1.54, 1.807) is 36.0 Å². The van der Waals surface area contributed by atoms with Crippen LogP contribution in [-0.4, -0.2) is 16.8 Å². The molecule has 0 aliphatic carbocycles. The number of hydrogen-bond acceptors (Lipinski definition) is 2. The molecule has 5 heteroatoms. The zero-order valence-corrected chi connectivity index (χ0v) is 12.7. The molecule has 0 radical (unpaired) electrons. The van der Waals surface area contributed by atoms with Gasteiger partial charge >= 0.3 is 0 Å². The Labute approximate surface area is 131 Å². The van der Waals surface area contributed by atoms with E-state index in [0.717, 1.165) is 10.4 Å². The van der Waals surface area contributed by atoms with Crippen LogP contribution in [0.4, 0.5) is 0 Å². The number of rotatable bonds is 4. The van der Waals surface area contributed by atoms with Crippen molar-refractivity contribution < 1.29 is 4.79 Å². The molecule has 1 amide bonds. The molecule has 2 N–H and O–H groups in total. The summed E-state index contributed by atoms with van der Waals surface area (Å²) in [5.41, 5.74) is 1.71. The zero-order valence-electron chi connectivity index (χ0n) is 11.1. The maximum atomic E-state index is 12.0. The third-order valence-electron chi connectivity index (χ3n) is 3.12. The van der Waals surface area contributed by atoms with Gasteiger partial charge in [-0.15, -0.1) is 11.8 Å². The summed E-state index contributed by atoms with van der Waals surface area (Å²) in [6.45, 7) is 0. The third kappa shape index (κ3) is 3.23. The van der Waals surface area contributed by atoms with Crippen LogP contribution < -0.4 is 5.32 Å². The summed E-state index contributed by atoms with van der Waals surface area (Å²) in [5, 5.41) is 4.68. The summed E-state index contributed by atoms with van der Waals surface area (Å²) in [6.07, 6.45) is 1.96. The fraction of sp³-hybridized carbons (Fsp3) is 0.0625. The number of halogens is 1. The zero-order chi connectivity index (χ0) is 14.7. The van der Waals surface area contributed by atoms with Crippen LogP contribution in [-0.2, 0) is 0 Å². The minimum absolute atomic E-state index is 0.0981. The van der Waals surface area contributed by atoms with Crippen LogP contribution >= 0.6 is 23.4 Å². The third-order valence-corrected chi connectivity index (χ3v) is 4.31. The number of aromatic nitrogens is 1. The Hall–Kier alpha value is -1.91. The SMILES string of the molecule is O=C(NCSc1c[nH]c2ccccc12)c1ccc(Cl)cc1. The van der Waals surface area contributed by atoms with Gasteiger partial charge in [0.25, 0.3) is 5.91 Å². The molecule has 3 aromatic rings. The van der Waals surface area contributed by atoms with Gasteiger partial charge in [0, 0.05) is 32.6 Å². The molecule has 0 atom stereocenters. The first kappa shape index (κ1) is 14.0. The van der Waals surface area contributed by atoms with Gasteiger partial charge in [0.15, 0.2) is 0 Å². The van der Waals surface area contributed by atoms with Crippen molar-refractivity contribution in [3.63, 3.8) is 0 Å². The van der Waals surface area contributed by atoms with E-state index in [-0.39, 0.29) is 5.91 Å². The van der Waals surface area contributed by atoms with E-state index in [0.29, 0.717) is 16.5 Å². The van der Waals surface area contributed by atoms with Crippen molar-refractivity contribution in [1.82, 2.24) is 10.3 Å². The van der Waals surface area contributed by atoms with Crippen LogP contribution in [0.15, 0.2) is 59.6 Å². The number of carbonyl (C=O) groups is 1. The van der Waals surface area contributed by atoms with Gasteiger partial charge in [-0.05, 0) is 30.3 Å². The van der Waals surface area contributed by atoms with Gasteiger partial charge in [-0.3, -0.25) is 4.79 Å². The topological polar surface area (TPSA) is 44.9 Å². The van der Waals surface area contributed by atoms with Crippen molar-refractivity contribution in [2.45, 2.75) is 4.90 Å². The number of benzene rings is 2. The highest BCUT2D eigenvalue weighted by molar-refractivity contribution is 7.99. The average Bonchev–Trinajstić information content (AvgIpc) is 2.91. The molecule has 1 heterocycles. The van der Waals surface area contributed by atoms with Crippen molar-refractivity contribution >= 4 is 40.2 Å². The first-order chi connectivity index (χ1) is 10.2. The summed E-state index contributed by atoms with van der Waals surface area (Å²) in [4.78, 5) is 16.3. The molecule has 0 spiro atoms. The lowest BCUT2D eigenvalue weighted by Crippen LogP contribution is -2.22. The quantitative estimate of drug-likeness (QED) is 0.557. The summed E-state index contributed by atoms with van der Waals surface area (Å²) < 4.78 is 0. The lowest BCUT2D eigenvalue weighted by molar-refractivity contribution is 0.0961. The van der Waals surface area contributed by atoms with Gasteiger partial charge in [0.2, 0.25) is 0 Å². The fourth-order valence-electron chi connectivity index (χ4n) is 2.05. The Kier molecular flexibility index (Phi) is 4.18. The molecular weight excluding hydrogens is 304 g/mol. The Balaban J connectivity index is 1.61. The highest BCUT2D eigenvalue weighted by Crippen LogP contribution is 2.26. The van der Waals surface area contributed by atoms with E-state index >= 15 is 0 Å². The van der Waals surface area contributed by atoms with Crippen LogP contribution in [0.5, 0.6) is 0 Å². The van der Waals surface area contributed by atoms with E-state index in [1.165, 1.54) is 5.39 Å². The molecule has 21 heavy (non-hydrogen) atoms. The molecule has 2 aromatic carbocycles. The highest BCUT2D eigenvalue weighted by Gasteiger charge is 2.06. The van der Waals surface area contributed by atoms with Crippen molar-refractivity contribution in [1.29, 1.82) is 0 Å². The number of thioether (sulfide) groups is 1. The number of hydrogen-bond donors (Lipinski definition) is 2. The highest BCUT2D eigenvalue weighted by atomic mass is 35.5. The molecule has 106 valence electrons. The van der Waals surface area contributed by atoms with Crippen molar-refractivity contribution in [3.05, 3.63) is 65.3 Å². The van der Waals surface area contributed by atoms with Crippen molar-refractivity contribution in [3.8, 4) is 0 Å². The fourth-order valence-corrected chi connectivity index (χ4v) is 3.01. The predicted molar refractivity (Wildman–Crippen MR) is 87.9 cm³/mol. The van der Waals surface area contributed by atoms with E-state index in [2.05, 4.69) is 16.4 Å². The molecule has 0 saturated heterocycles. The van der Waals surface area contributed by atoms with Crippen LogP contribution in [0.2, 0.25) is 5.02 Å². The molecule has 0 bridgehead atoms. The molecule has 0 aliphatic rings. The summed E-state index contributed by atoms with van der Waals surface area (Å²) in [5.74, 6) is 0.419. The van der Waals surface area contributed by atoms with E-state index in [9.17, 15) is 4.79 Å². The summed E-state index contributed by atoms with van der Waals surface area (Å²) in [6, 6.07) is 15.0. The Morgan fingerprint density at radius 3 is 2.71 bits per heavy atom. The smallest absolute Gasteiger partial charge is 0.251 e. The van der Waals surface area contributed by atoms with Crippen molar-refractivity contribution in [2.75, 3.05) is 5.88 Å². The number of carbonyl (C=O) groups excluding carboxylic acids is 1. The number of aromatic amines is 1. The maximum Gasteiger partial charge on any atom is 0.251 e. The maximum absolute atomic E-state index is 12.0. The van der Waals surface area contributed by atoms with Crippen LogP contribution in [0.1, 0.15) is 10.4 Å². The summed E-state index contributed by atoms with van der Waals surface area (Å²) >= 11 is 7.40. The van der Waals surface area contributed by atoms with Gasteiger partial charge in [0.05, 0.1) is 5.88 Å². The van der Waals surface area contributed by atoms with E-state index in [4.69, 9.17) is 11.6 Å². The van der Waals surface area contributed by atoms with Crippen LogP contribution in [0, 0.1) is 0 Å². The van der Waals surface area contributed by atoms with E-state index < -0.39 is 0 Å². The first-order valence-corrected chi connectivity index (χ1v) is 7.83. The van der Waals surface area contributed by atoms with Gasteiger partial charge in [-0.2, -0.15) is 0 Å². The molecular formula is C16H13ClN2OS. The molecule has 0 aliphatic heterocycles. The lowest BCUT2D eigenvalue weighted by Gasteiger charge is -2.04. The van der Waals surface area contributed by atoms with Gasteiger partial charge in [0.1, 0.15) is 0 Å². The Bertz CT molecular complexity index is 767. The predicted octanol–water partition coefficient (Wildman–Crippen LogP) is 4.30. The molecule has 3 nitrogen and oxygen atoms in total. The molecule has 0 saturated carbocycles. The number of para-hydroxylation sites is 1. The van der Waals surface area contributed by atoms with Gasteiger partial charge in [-0.25, -0.2) is 0 Å². The van der Waals surface area contributed by atoms with Gasteiger partial charge in [-0.1, -0.05) is 29.8 Å². The number of fused-ring (bicyclic) bond motifs is 1. The number of H-pyrrole nitrogens is 1. The number of nitrogens with one attached hydrogen (secondary N) is 2. The average molecular weight is 317 g/mol. The second-order valence-corrected chi connectivity index (χ2v) is 5.95.